The Morgan fingerprint density at radius 3 is 2.50 bits per heavy atom. The Kier molecular flexibility index (Phi) is 3.51. The first kappa shape index (κ1) is 13.2. The van der Waals surface area contributed by atoms with E-state index >= 15 is 0 Å². The predicted octanol–water partition coefficient (Wildman–Crippen LogP) is 4.74. The summed E-state index contributed by atoms with van der Waals surface area (Å²) >= 11 is 9.30. The molecule has 0 saturated carbocycles. The highest BCUT2D eigenvalue weighted by Gasteiger charge is 2.08. The molecule has 0 spiro atoms. The highest BCUT2D eigenvalue weighted by atomic mass is 79.9. The summed E-state index contributed by atoms with van der Waals surface area (Å²) in [7, 11) is 0. The minimum atomic E-state index is 0.498. The van der Waals surface area contributed by atoms with Gasteiger partial charge in [0.05, 0.1) is 0 Å². The number of nitrogen functional groups attached to an aromatic ring is 1. The zero-order valence-electron chi connectivity index (χ0n) is 10.4. The van der Waals surface area contributed by atoms with Crippen LogP contribution in [0.3, 0.4) is 0 Å². The van der Waals surface area contributed by atoms with Crippen LogP contribution in [0.5, 0.6) is 0 Å². The second-order valence-electron chi connectivity index (χ2n) is 4.38. The Hall–Kier alpha value is -1.78. The van der Waals surface area contributed by atoms with Crippen molar-refractivity contribution in [1.82, 2.24) is 9.97 Å². The standard InChI is InChI=1S/C15H11BrClN3/c16-10-7-12(15(18)19-8-10)14-6-5-13(20-14)9-1-3-11(17)4-2-9/h1-8,20H,(H2,18,19). The molecule has 0 fully saturated rings. The van der Waals surface area contributed by atoms with E-state index in [2.05, 4.69) is 25.9 Å². The number of nitrogens with zero attached hydrogens (tertiary/aromatic N) is 1. The number of halogens is 2. The van der Waals surface area contributed by atoms with Gasteiger partial charge in [-0.3, -0.25) is 0 Å². The van der Waals surface area contributed by atoms with Gasteiger partial charge in [-0.2, -0.15) is 0 Å². The Bertz CT molecular complexity index is 750. The number of anilines is 1. The number of aromatic amines is 1. The second kappa shape index (κ2) is 5.31. The second-order valence-corrected chi connectivity index (χ2v) is 5.73. The lowest BCUT2D eigenvalue weighted by molar-refractivity contribution is 1.30. The molecular weight excluding hydrogens is 338 g/mol. The molecule has 100 valence electrons. The van der Waals surface area contributed by atoms with Gasteiger partial charge in [0.15, 0.2) is 0 Å². The van der Waals surface area contributed by atoms with Gasteiger partial charge in [0.25, 0.3) is 0 Å². The number of aromatic nitrogens is 2. The van der Waals surface area contributed by atoms with E-state index < -0.39 is 0 Å². The number of hydrogen-bond donors (Lipinski definition) is 2. The van der Waals surface area contributed by atoms with Crippen molar-refractivity contribution in [3.05, 3.63) is 58.2 Å². The first-order valence-electron chi connectivity index (χ1n) is 6.00. The lowest BCUT2D eigenvalue weighted by atomic mass is 10.2. The van der Waals surface area contributed by atoms with Crippen LogP contribution in [0.2, 0.25) is 5.02 Å². The largest absolute Gasteiger partial charge is 0.383 e. The predicted molar refractivity (Wildman–Crippen MR) is 86.6 cm³/mol. The van der Waals surface area contributed by atoms with E-state index in [1.807, 2.05) is 42.5 Å². The molecule has 0 saturated heterocycles. The molecular formula is C15H11BrClN3. The summed E-state index contributed by atoms with van der Waals surface area (Å²) in [4.78, 5) is 7.49. The molecule has 2 aromatic heterocycles. The van der Waals surface area contributed by atoms with E-state index in [1.165, 1.54) is 0 Å². The lowest BCUT2D eigenvalue weighted by Crippen LogP contribution is -1.93. The van der Waals surface area contributed by atoms with Gasteiger partial charge in [-0.15, -0.1) is 0 Å². The van der Waals surface area contributed by atoms with Crippen LogP contribution in [0.1, 0.15) is 0 Å². The topological polar surface area (TPSA) is 54.7 Å². The van der Waals surface area contributed by atoms with Crippen LogP contribution in [0.15, 0.2) is 53.1 Å². The van der Waals surface area contributed by atoms with E-state index in [1.54, 1.807) is 6.20 Å². The molecule has 0 aliphatic heterocycles. The number of nitrogens with one attached hydrogen (secondary N) is 1. The molecule has 3 rings (SSSR count). The molecule has 3 nitrogen and oxygen atoms in total. The number of rotatable bonds is 2. The Morgan fingerprint density at radius 2 is 1.75 bits per heavy atom. The summed E-state index contributed by atoms with van der Waals surface area (Å²) in [6, 6.07) is 13.6. The van der Waals surface area contributed by atoms with Gasteiger partial charge in [0, 0.05) is 32.6 Å². The molecule has 0 bridgehead atoms. The van der Waals surface area contributed by atoms with Crippen LogP contribution >= 0.6 is 27.5 Å². The Balaban J connectivity index is 2.01. The van der Waals surface area contributed by atoms with Gasteiger partial charge in [-0.1, -0.05) is 23.7 Å². The maximum atomic E-state index is 5.92. The molecule has 0 aliphatic rings. The molecule has 3 aromatic rings. The van der Waals surface area contributed by atoms with Gasteiger partial charge in [-0.25, -0.2) is 4.98 Å². The first-order chi connectivity index (χ1) is 9.63. The molecule has 5 heteroatoms. The molecule has 3 N–H and O–H groups in total. The number of nitrogens with two attached hydrogens (primary N) is 1. The molecule has 0 atom stereocenters. The van der Waals surface area contributed by atoms with Crippen LogP contribution in [0.25, 0.3) is 22.5 Å². The van der Waals surface area contributed by atoms with Crippen LogP contribution < -0.4 is 5.73 Å². The van der Waals surface area contributed by atoms with Crippen molar-refractivity contribution < 1.29 is 0 Å². The van der Waals surface area contributed by atoms with Gasteiger partial charge in [0.1, 0.15) is 5.82 Å². The van der Waals surface area contributed by atoms with Crippen molar-refractivity contribution in [3.63, 3.8) is 0 Å². The fraction of sp³-hybridized carbons (Fsp3) is 0. The Morgan fingerprint density at radius 1 is 1.05 bits per heavy atom. The third-order valence-electron chi connectivity index (χ3n) is 3.02. The smallest absolute Gasteiger partial charge is 0.132 e. The normalized spacial score (nSPS) is 10.7. The number of H-pyrrole nitrogens is 1. The number of pyridine rings is 1. The van der Waals surface area contributed by atoms with Gasteiger partial charge < -0.3 is 10.7 Å². The third kappa shape index (κ3) is 2.57. The summed E-state index contributed by atoms with van der Waals surface area (Å²) in [5, 5.41) is 0.723. The van der Waals surface area contributed by atoms with Crippen molar-refractivity contribution in [2.24, 2.45) is 0 Å². The fourth-order valence-electron chi connectivity index (χ4n) is 2.02. The van der Waals surface area contributed by atoms with Crippen molar-refractivity contribution in [3.8, 4) is 22.5 Å². The van der Waals surface area contributed by atoms with Crippen LogP contribution in [0, 0.1) is 0 Å². The average Bonchev–Trinajstić information content (AvgIpc) is 2.92. The summed E-state index contributed by atoms with van der Waals surface area (Å²) in [5.74, 6) is 0.498. The van der Waals surface area contributed by atoms with E-state index in [9.17, 15) is 0 Å². The van der Waals surface area contributed by atoms with E-state index in [0.717, 1.165) is 32.0 Å². The van der Waals surface area contributed by atoms with Crippen LogP contribution in [-0.4, -0.2) is 9.97 Å². The van der Waals surface area contributed by atoms with Crippen LogP contribution in [-0.2, 0) is 0 Å². The maximum Gasteiger partial charge on any atom is 0.132 e. The number of hydrogen-bond acceptors (Lipinski definition) is 2. The molecule has 0 amide bonds. The minimum Gasteiger partial charge on any atom is -0.383 e. The molecule has 20 heavy (non-hydrogen) atoms. The zero-order valence-corrected chi connectivity index (χ0v) is 12.7. The molecule has 0 unspecified atom stereocenters. The molecule has 0 radical (unpaired) electrons. The minimum absolute atomic E-state index is 0.498. The zero-order chi connectivity index (χ0) is 14.1. The fourth-order valence-corrected chi connectivity index (χ4v) is 2.47. The van der Waals surface area contributed by atoms with E-state index in [-0.39, 0.29) is 0 Å². The van der Waals surface area contributed by atoms with Gasteiger partial charge in [-0.05, 0) is 51.8 Å². The summed E-state index contributed by atoms with van der Waals surface area (Å²) in [5.41, 5.74) is 9.81. The van der Waals surface area contributed by atoms with Crippen LogP contribution in [0.4, 0.5) is 5.82 Å². The summed E-state index contributed by atoms with van der Waals surface area (Å²) in [6.07, 6.45) is 1.68. The van der Waals surface area contributed by atoms with Gasteiger partial charge >= 0.3 is 0 Å². The quantitative estimate of drug-likeness (QED) is 0.702. The lowest BCUT2D eigenvalue weighted by Gasteiger charge is -2.03. The molecule has 1 aromatic carbocycles. The molecule has 0 aliphatic carbocycles. The van der Waals surface area contributed by atoms with Gasteiger partial charge in [0.2, 0.25) is 0 Å². The average molecular weight is 349 g/mol. The highest BCUT2D eigenvalue weighted by molar-refractivity contribution is 9.10. The first-order valence-corrected chi connectivity index (χ1v) is 7.17. The van der Waals surface area contributed by atoms with Crippen molar-refractivity contribution >= 4 is 33.3 Å². The highest BCUT2D eigenvalue weighted by Crippen LogP contribution is 2.29. The SMILES string of the molecule is Nc1ncc(Br)cc1-c1ccc(-c2ccc(Cl)cc2)[nH]1. The van der Waals surface area contributed by atoms with Crippen molar-refractivity contribution in [1.29, 1.82) is 0 Å². The Labute approximate surface area is 129 Å². The third-order valence-corrected chi connectivity index (χ3v) is 3.70. The summed E-state index contributed by atoms with van der Waals surface area (Å²) in [6.45, 7) is 0. The summed E-state index contributed by atoms with van der Waals surface area (Å²) < 4.78 is 0.893. The van der Waals surface area contributed by atoms with E-state index in [0.29, 0.717) is 5.82 Å². The molecule has 2 heterocycles. The number of benzene rings is 1. The maximum absolute atomic E-state index is 5.92. The van der Waals surface area contributed by atoms with Crippen molar-refractivity contribution in [2.45, 2.75) is 0 Å². The monoisotopic (exact) mass is 347 g/mol. The van der Waals surface area contributed by atoms with Crippen molar-refractivity contribution in [2.75, 3.05) is 5.73 Å². The van der Waals surface area contributed by atoms with E-state index in [4.69, 9.17) is 17.3 Å².